The molecule has 5 heteroatoms. The number of ether oxygens (including phenoxy) is 1. The maximum atomic E-state index is 5.44. The van der Waals surface area contributed by atoms with E-state index < -0.39 is 0 Å². The highest BCUT2D eigenvalue weighted by molar-refractivity contribution is 5.38. The van der Waals surface area contributed by atoms with E-state index in [1.165, 1.54) is 12.8 Å². The molecule has 2 heterocycles. The average molecular weight is 262 g/mol. The van der Waals surface area contributed by atoms with Crippen LogP contribution in [0, 0.1) is 0 Å². The topological polar surface area (TPSA) is 50.3 Å². The van der Waals surface area contributed by atoms with Crippen molar-refractivity contribution in [2.24, 2.45) is 0 Å². The molecule has 104 valence electrons. The van der Waals surface area contributed by atoms with Gasteiger partial charge in [0, 0.05) is 32.8 Å². The molecule has 0 amide bonds. The quantitative estimate of drug-likeness (QED) is 0.868. The molecule has 1 aliphatic heterocycles. The van der Waals surface area contributed by atoms with Gasteiger partial charge < -0.3 is 15.0 Å². The minimum atomic E-state index is 0.326. The summed E-state index contributed by atoms with van der Waals surface area (Å²) in [4.78, 5) is 2.27. The highest BCUT2D eigenvalue weighted by Crippen LogP contribution is 2.20. The van der Waals surface area contributed by atoms with Crippen molar-refractivity contribution in [2.45, 2.75) is 44.4 Å². The van der Waals surface area contributed by atoms with Crippen LogP contribution in [0.25, 0.3) is 0 Å². The molecule has 19 heavy (non-hydrogen) atoms. The lowest BCUT2D eigenvalue weighted by Gasteiger charge is -2.32. The number of rotatable bonds is 5. The van der Waals surface area contributed by atoms with Crippen molar-refractivity contribution in [3.05, 3.63) is 17.8 Å². The molecule has 1 saturated carbocycles. The normalized spacial score (nSPS) is 23.6. The Bertz CT molecular complexity index is 404. The molecule has 1 aliphatic carbocycles. The molecule has 5 nitrogen and oxygen atoms in total. The van der Waals surface area contributed by atoms with Gasteiger partial charge in [-0.2, -0.15) is 5.10 Å². The largest absolute Gasteiger partial charge is 0.380 e. The molecule has 0 radical (unpaired) electrons. The Morgan fingerprint density at radius 3 is 2.89 bits per heavy atom. The fourth-order valence-corrected chi connectivity index (χ4v) is 2.49. The molecule has 1 atom stereocenters. The van der Waals surface area contributed by atoms with Crippen LogP contribution in [0.4, 0.5) is 5.82 Å². The van der Waals surface area contributed by atoms with Crippen LogP contribution in [0.1, 0.15) is 31.4 Å². The Balaban J connectivity index is 1.57. The molecular weight excluding hydrogens is 240 g/mol. The van der Waals surface area contributed by atoms with E-state index in [2.05, 4.69) is 32.5 Å². The zero-order chi connectivity index (χ0) is 13.1. The van der Waals surface area contributed by atoms with Gasteiger partial charge in [-0.25, -0.2) is 0 Å². The molecule has 0 aromatic carbocycles. The number of anilines is 1. The first-order chi connectivity index (χ1) is 9.35. The summed E-state index contributed by atoms with van der Waals surface area (Å²) in [5.74, 6) is 0.969. The molecular formula is C14H22N4O. The fraction of sp³-hybridized carbons (Fsp3) is 0.714. The van der Waals surface area contributed by atoms with Crippen molar-refractivity contribution in [3.8, 4) is 0 Å². The average Bonchev–Trinajstić information content (AvgIpc) is 3.30. The second-order valence-electron chi connectivity index (χ2n) is 5.48. The summed E-state index contributed by atoms with van der Waals surface area (Å²) in [6, 6.07) is 4.87. The predicted octanol–water partition coefficient (Wildman–Crippen LogP) is 1.34. The van der Waals surface area contributed by atoms with Crippen molar-refractivity contribution in [1.29, 1.82) is 0 Å². The Morgan fingerprint density at radius 2 is 2.21 bits per heavy atom. The number of nitrogens with one attached hydrogen (secondary N) is 1. The number of piperidine rings is 1. The molecule has 1 aromatic rings. The molecule has 1 aromatic heterocycles. The van der Waals surface area contributed by atoms with E-state index in [4.69, 9.17) is 4.74 Å². The SMILES string of the molecule is COC1CCCN(c2ccc(CNC3CC3)nn2)C1. The second-order valence-corrected chi connectivity index (χ2v) is 5.48. The third kappa shape index (κ3) is 3.42. The first-order valence-corrected chi connectivity index (χ1v) is 7.19. The zero-order valence-electron chi connectivity index (χ0n) is 11.5. The third-order valence-electron chi connectivity index (χ3n) is 3.89. The minimum absolute atomic E-state index is 0.326. The van der Waals surface area contributed by atoms with Gasteiger partial charge in [0.15, 0.2) is 5.82 Å². The fourth-order valence-electron chi connectivity index (χ4n) is 2.49. The molecule has 2 fully saturated rings. The van der Waals surface area contributed by atoms with E-state index in [0.717, 1.165) is 44.0 Å². The molecule has 1 unspecified atom stereocenters. The van der Waals surface area contributed by atoms with Gasteiger partial charge in [-0.05, 0) is 37.8 Å². The summed E-state index contributed by atoms with van der Waals surface area (Å²) in [6.07, 6.45) is 5.23. The molecule has 1 saturated heterocycles. The van der Waals surface area contributed by atoms with E-state index in [0.29, 0.717) is 12.1 Å². The molecule has 0 bridgehead atoms. The summed E-state index contributed by atoms with van der Waals surface area (Å²) in [6.45, 7) is 2.80. The number of nitrogens with zero attached hydrogens (tertiary/aromatic N) is 3. The van der Waals surface area contributed by atoms with Gasteiger partial charge in [0.05, 0.1) is 11.8 Å². The van der Waals surface area contributed by atoms with Crippen molar-refractivity contribution in [2.75, 3.05) is 25.1 Å². The van der Waals surface area contributed by atoms with Crippen LogP contribution >= 0.6 is 0 Å². The molecule has 2 aliphatic rings. The van der Waals surface area contributed by atoms with Crippen LogP contribution < -0.4 is 10.2 Å². The van der Waals surface area contributed by atoms with E-state index >= 15 is 0 Å². The van der Waals surface area contributed by atoms with Crippen molar-refractivity contribution in [1.82, 2.24) is 15.5 Å². The zero-order valence-corrected chi connectivity index (χ0v) is 11.5. The highest BCUT2D eigenvalue weighted by Gasteiger charge is 2.22. The van der Waals surface area contributed by atoms with E-state index in [1.807, 2.05) is 0 Å². The van der Waals surface area contributed by atoms with Crippen LogP contribution in [-0.2, 0) is 11.3 Å². The number of methoxy groups -OCH3 is 1. The summed E-state index contributed by atoms with van der Waals surface area (Å²) >= 11 is 0. The van der Waals surface area contributed by atoms with Crippen molar-refractivity contribution < 1.29 is 4.74 Å². The first-order valence-electron chi connectivity index (χ1n) is 7.19. The van der Waals surface area contributed by atoms with E-state index in [-0.39, 0.29) is 0 Å². The highest BCUT2D eigenvalue weighted by atomic mass is 16.5. The lowest BCUT2D eigenvalue weighted by Crippen LogP contribution is -2.39. The van der Waals surface area contributed by atoms with Gasteiger partial charge in [0.2, 0.25) is 0 Å². The Hall–Kier alpha value is -1.20. The molecule has 1 N–H and O–H groups in total. The lowest BCUT2D eigenvalue weighted by molar-refractivity contribution is 0.0891. The van der Waals surface area contributed by atoms with E-state index in [1.54, 1.807) is 7.11 Å². The monoisotopic (exact) mass is 262 g/mol. The predicted molar refractivity (Wildman–Crippen MR) is 74.1 cm³/mol. The standard InChI is InChI=1S/C14H22N4O/c1-19-13-3-2-8-18(10-13)14-7-6-12(16-17-14)9-15-11-4-5-11/h6-7,11,13,15H,2-5,8-10H2,1H3. The second kappa shape index (κ2) is 5.84. The summed E-state index contributed by atoms with van der Waals surface area (Å²) in [7, 11) is 1.78. The van der Waals surface area contributed by atoms with Crippen molar-refractivity contribution in [3.63, 3.8) is 0 Å². The Kier molecular flexibility index (Phi) is 3.94. The van der Waals surface area contributed by atoms with Gasteiger partial charge in [-0.3, -0.25) is 0 Å². The summed E-state index contributed by atoms with van der Waals surface area (Å²) in [5, 5.41) is 12.1. The van der Waals surface area contributed by atoms with Crippen molar-refractivity contribution >= 4 is 5.82 Å². The van der Waals surface area contributed by atoms with Crippen LogP contribution in [0.3, 0.4) is 0 Å². The molecule has 3 rings (SSSR count). The lowest BCUT2D eigenvalue weighted by atomic mass is 10.1. The van der Waals surface area contributed by atoms with Gasteiger partial charge in [-0.15, -0.1) is 5.10 Å². The molecule has 0 spiro atoms. The maximum Gasteiger partial charge on any atom is 0.151 e. The summed E-state index contributed by atoms with van der Waals surface area (Å²) < 4.78 is 5.44. The number of hydrogen-bond donors (Lipinski definition) is 1. The first kappa shape index (κ1) is 12.8. The Morgan fingerprint density at radius 1 is 1.32 bits per heavy atom. The third-order valence-corrected chi connectivity index (χ3v) is 3.89. The maximum absolute atomic E-state index is 5.44. The number of hydrogen-bond acceptors (Lipinski definition) is 5. The Labute approximate surface area is 114 Å². The van der Waals surface area contributed by atoms with Crippen LogP contribution in [0.2, 0.25) is 0 Å². The van der Waals surface area contributed by atoms with E-state index in [9.17, 15) is 0 Å². The van der Waals surface area contributed by atoms with Crippen LogP contribution in [-0.4, -0.2) is 42.5 Å². The van der Waals surface area contributed by atoms with Gasteiger partial charge in [0.1, 0.15) is 0 Å². The van der Waals surface area contributed by atoms with Gasteiger partial charge in [0.25, 0.3) is 0 Å². The van der Waals surface area contributed by atoms with Crippen LogP contribution in [0.5, 0.6) is 0 Å². The smallest absolute Gasteiger partial charge is 0.151 e. The van der Waals surface area contributed by atoms with Crippen LogP contribution in [0.15, 0.2) is 12.1 Å². The minimum Gasteiger partial charge on any atom is -0.380 e. The summed E-state index contributed by atoms with van der Waals surface area (Å²) in [5.41, 5.74) is 1.02. The number of aromatic nitrogens is 2. The van der Waals surface area contributed by atoms with Gasteiger partial charge in [-0.1, -0.05) is 0 Å². The van der Waals surface area contributed by atoms with Gasteiger partial charge >= 0.3 is 0 Å².